The molecule has 3 N–H and O–H groups in total. The lowest BCUT2D eigenvalue weighted by Crippen LogP contribution is -2.21. The molecule has 2 unspecified atom stereocenters. The second-order valence-corrected chi connectivity index (χ2v) is 5.69. The Morgan fingerprint density at radius 1 is 1.41 bits per heavy atom. The zero-order chi connectivity index (χ0) is 12.3. The van der Waals surface area contributed by atoms with E-state index in [1.165, 1.54) is 25.7 Å². The van der Waals surface area contributed by atoms with Crippen molar-refractivity contribution in [1.82, 2.24) is 0 Å². The van der Waals surface area contributed by atoms with E-state index in [2.05, 4.69) is 12.2 Å². The van der Waals surface area contributed by atoms with E-state index in [4.69, 9.17) is 17.3 Å². The Hall–Kier alpha value is -0.890. The number of hydrogen-bond donors (Lipinski definition) is 2. The van der Waals surface area contributed by atoms with Crippen LogP contribution in [0.25, 0.3) is 0 Å². The van der Waals surface area contributed by atoms with Crippen LogP contribution in [0.15, 0.2) is 18.2 Å². The van der Waals surface area contributed by atoms with Gasteiger partial charge in [0.15, 0.2) is 0 Å². The minimum atomic E-state index is 0.735. The Labute approximate surface area is 109 Å². The Morgan fingerprint density at radius 2 is 2.24 bits per heavy atom. The number of nitrogens with one attached hydrogen (secondary N) is 1. The van der Waals surface area contributed by atoms with Crippen molar-refractivity contribution in [3.8, 4) is 0 Å². The average molecular weight is 253 g/mol. The molecule has 0 amide bonds. The normalized spacial score (nSPS) is 24.6. The zero-order valence-corrected chi connectivity index (χ0v) is 11.1. The summed E-state index contributed by atoms with van der Waals surface area (Å²) >= 11 is 5.97. The molecule has 17 heavy (non-hydrogen) atoms. The van der Waals surface area contributed by atoms with Crippen molar-refractivity contribution in [2.75, 3.05) is 17.6 Å². The van der Waals surface area contributed by atoms with Gasteiger partial charge in [-0.1, -0.05) is 31.4 Å². The maximum absolute atomic E-state index is 5.97. The molecule has 0 saturated heterocycles. The van der Waals surface area contributed by atoms with Crippen LogP contribution in [0.2, 0.25) is 5.02 Å². The van der Waals surface area contributed by atoms with Crippen LogP contribution < -0.4 is 11.1 Å². The molecule has 1 fully saturated rings. The summed E-state index contributed by atoms with van der Waals surface area (Å²) in [4.78, 5) is 0. The van der Waals surface area contributed by atoms with Crippen LogP contribution in [0, 0.1) is 11.8 Å². The van der Waals surface area contributed by atoms with E-state index in [0.717, 1.165) is 34.8 Å². The van der Waals surface area contributed by atoms with Crippen LogP contribution in [0.4, 0.5) is 11.4 Å². The van der Waals surface area contributed by atoms with Crippen LogP contribution in [-0.4, -0.2) is 6.54 Å². The zero-order valence-electron chi connectivity index (χ0n) is 10.4. The first kappa shape index (κ1) is 12.6. The maximum atomic E-state index is 5.97. The van der Waals surface area contributed by atoms with Crippen molar-refractivity contribution in [3.63, 3.8) is 0 Å². The summed E-state index contributed by atoms with van der Waals surface area (Å²) in [6.07, 6.45) is 5.40. The summed E-state index contributed by atoms with van der Waals surface area (Å²) in [5.41, 5.74) is 7.66. The molecule has 0 heterocycles. The molecule has 1 aromatic rings. The number of rotatable bonds is 3. The number of hydrogen-bond acceptors (Lipinski definition) is 2. The Balaban J connectivity index is 1.90. The molecule has 0 radical (unpaired) electrons. The van der Waals surface area contributed by atoms with Gasteiger partial charge in [0.25, 0.3) is 0 Å². The number of anilines is 2. The molecular formula is C14H21ClN2. The molecular weight excluding hydrogens is 232 g/mol. The van der Waals surface area contributed by atoms with E-state index in [-0.39, 0.29) is 0 Å². The lowest BCUT2D eigenvalue weighted by atomic mass is 9.82. The van der Waals surface area contributed by atoms with Crippen LogP contribution >= 0.6 is 11.6 Å². The number of benzene rings is 1. The summed E-state index contributed by atoms with van der Waals surface area (Å²) < 4.78 is 0. The van der Waals surface area contributed by atoms with Gasteiger partial charge in [-0.25, -0.2) is 0 Å². The van der Waals surface area contributed by atoms with Gasteiger partial charge in [0, 0.05) is 11.6 Å². The quantitative estimate of drug-likeness (QED) is 0.793. The molecule has 2 nitrogen and oxygen atoms in total. The van der Waals surface area contributed by atoms with Gasteiger partial charge in [-0.15, -0.1) is 0 Å². The van der Waals surface area contributed by atoms with Crippen LogP contribution in [-0.2, 0) is 0 Å². The summed E-state index contributed by atoms with van der Waals surface area (Å²) in [5.74, 6) is 1.64. The smallest absolute Gasteiger partial charge is 0.0588 e. The predicted molar refractivity (Wildman–Crippen MR) is 75.5 cm³/mol. The highest BCUT2D eigenvalue weighted by Crippen LogP contribution is 2.30. The molecule has 0 aliphatic heterocycles. The van der Waals surface area contributed by atoms with E-state index in [9.17, 15) is 0 Å². The van der Waals surface area contributed by atoms with E-state index in [1.807, 2.05) is 18.2 Å². The highest BCUT2D eigenvalue weighted by Gasteiger charge is 2.18. The van der Waals surface area contributed by atoms with E-state index in [1.54, 1.807) is 0 Å². The van der Waals surface area contributed by atoms with Gasteiger partial charge in [-0.3, -0.25) is 0 Å². The minimum absolute atomic E-state index is 0.735. The standard InChI is InChI=1S/C14H21ClN2/c1-10-3-2-4-11(7-10)9-17-14-8-12(15)5-6-13(14)16/h5-6,8,10-11,17H,2-4,7,9,16H2,1H3. The third kappa shape index (κ3) is 3.53. The third-order valence-corrected chi connectivity index (χ3v) is 3.88. The van der Waals surface area contributed by atoms with Crippen molar-refractivity contribution >= 4 is 23.0 Å². The second kappa shape index (κ2) is 5.63. The van der Waals surface area contributed by atoms with Crippen molar-refractivity contribution < 1.29 is 0 Å². The van der Waals surface area contributed by atoms with Crippen LogP contribution in [0.5, 0.6) is 0 Å². The Kier molecular flexibility index (Phi) is 4.16. The molecule has 1 aromatic carbocycles. The maximum Gasteiger partial charge on any atom is 0.0588 e. The summed E-state index contributed by atoms with van der Waals surface area (Å²) in [7, 11) is 0. The monoisotopic (exact) mass is 252 g/mol. The van der Waals surface area contributed by atoms with Gasteiger partial charge >= 0.3 is 0 Å². The molecule has 1 aliphatic rings. The number of nitrogen functional groups attached to an aromatic ring is 1. The van der Waals surface area contributed by atoms with Crippen LogP contribution in [0.1, 0.15) is 32.6 Å². The van der Waals surface area contributed by atoms with Crippen LogP contribution in [0.3, 0.4) is 0 Å². The van der Waals surface area contributed by atoms with Gasteiger partial charge in [0.05, 0.1) is 11.4 Å². The van der Waals surface area contributed by atoms with Gasteiger partial charge in [0.2, 0.25) is 0 Å². The largest absolute Gasteiger partial charge is 0.397 e. The molecule has 2 atom stereocenters. The van der Waals surface area contributed by atoms with Gasteiger partial charge in [0.1, 0.15) is 0 Å². The molecule has 2 rings (SSSR count). The summed E-state index contributed by atoms with van der Waals surface area (Å²) in [6.45, 7) is 3.36. The Morgan fingerprint density at radius 3 is 3.00 bits per heavy atom. The summed E-state index contributed by atoms with van der Waals surface area (Å²) in [6, 6.07) is 5.59. The third-order valence-electron chi connectivity index (χ3n) is 3.64. The fourth-order valence-electron chi connectivity index (χ4n) is 2.68. The molecule has 94 valence electrons. The first-order valence-electron chi connectivity index (χ1n) is 6.44. The minimum Gasteiger partial charge on any atom is -0.397 e. The van der Waals surface area contributed by atoms with Gasteiger partial charge in [-0.05, 0) is 42.9 Å². The lowest BCUT2D eigenvalue weighted by Gasteiger charge is -2.27. The molecule has 0 aromatic heterocycles. The fourth-order valence-corrected chi connectivity index (χ4v) is 2.85. The second-order valence-electron chi connectivity index (χ2n) is 5.25. The van der Waals surface area contributed by atoms with E-state index in [0.29, 0.717) is 0 Å². The lowest BCUT2D eigenvalue weighted by molar-refractivity contribution is 0.293. The highest BCUT2D eigenvalue weighted by molar-refractivity contribution is 6.31. The highest BCUT2D eigenvalue weighted by atomic mass is 35.5. The fraction of sp³-hybridized carbons (Fsp3) is 0.571. The summed E-state index contributed by atoms with van der Waals surface area (Å²) in [5, 5.41) is 4.17. The SMILES string of the molecule is CC1CCCC(CNc2cc(Cl)ccc2N)C1. The van der Waals surface area contributed by atoms with E-state index < -0.39 is 0 Å². The molecule has 0 spiro atoms. The van der Waals surface area contributed by atoms with Gasteiger partial charge < -0.3 is 11.1 Å². The molecule has 1 aliphatic carbocycles. The molecule has 3 heteroatoms. The average Bonchev–Trinajstić information content (AvgIpc) is 2.30. The first-order valence-corrected chi connectivity index (χ1v) is 6.82. The molecule has 1 saturated carbocycles. The molecule has 0 bridgehead atoms. The first-order chi connectivity index (χ1) is 8.15. The van der Waals surface area contributed by atoms with Crippen molar-refractivity contribution in [2.24, 2.45) is 11.8 Å². The van der Waals surface area contributed by atoms with Crippen molar-refractivity contribution in [3.05, 3.63) is 23.2 Å². The predicted octanol–water partition coefficient (Wildman–Crippen LogP) is 4.16. The topological polar surface area (TPSA) is 38.0 Å². The van der Waals surface area contributed by atoms with Crippen molar-refractivity contribution in [1.29, 1.82) is 0 Å². The van der Waals surface area contributed by atoms with Gasteiger partial charge in [-0.2, -0.15) is 0 Å². The van der Waals surface area contributed by atoms with Crippen molar-refractivity contribution in [2.45, 2.75) is 32.6 Å². The van der Waals surface area contributed by atoms with E-state index >= 15 is 0 Å². The Bertz CT molecular complexity index is 378. The number of halogens is 1. The number of nitrogens with two attached hydrogens (primary N) is 1.